The summed E-state index contributed by atoms with van der Waals surface area (Å²) in [4.78, 5) is 0. The lowest BCUT2D eigenvalue weighted by Crippen LogP contribution is -2.35. The number of hydrogen-bond acceptors (Lipinski definition) is 2. The predicted octanol–water partition coefficient (Wildman–Crippen LogP) is 3.96. The van der Waals surface area contributed by atoms with Gasteiger partial charge >= 0.3 is 0 Å². The highest BCUT2D eigenvalue weighted by Gasteiger charge is 2.27. The molecule has 1 saturated heterocycles. The molecule has 1 aliphatic heterocycles. The van der Waals surface area contributed by atoms with Gasteiger partial charge in [-0.3, -0.25) is 0 Å². The SMILES string of the molecule is CCC(C)C(c1ccccc1)C(N)CC1CCOCC1. The van der Waals surface area contributed by atoms with Gasteiger partial charge in [0.05, 0.1) is 0 Å². The fourth-order valence-corrected chi connectivity index (χ4v) is 3.44. The van der Waals surface area contributed by atoms with Crippen LogP contribution in [-0.4, -0.2) is 19.3 Å². The van der Waals surface area contributed by atoms with E-state index in [9.17, 15) is 0 Å². The van der Waals surface area contributed by atoms with Crippen LogP contribution in [-0.2, 0) is 4.74 Å². The van der Waals surface area contributed by atoms with E-state index in [1.54, 1.807) is 0 Å². The highest BCUT2D eigenvalue weighted by molar-refractivity contribution is 5.22. The topological polar surface area (TPSA) is 35.2 Å². The van der Waals surface area contributed by atoms with Gasteiger partial charge in [0.2, 0.25) is 0 Å². The van der Waals surface area contributed by atoms with E-state index in [1.165, 1.54) is 24.8 Å². The molecule has 0 saturated carbocycles. The molecule has 1 aliphatic rings. The Morgan fingerprint density at radius 2 is 1.85 bits per heavy atom. The minimum Gasteiger partial charge on any atom is -0.381 e. The maximum absolute atomic E-state index is 6.62. The van der Waals surface area contributed by atoms with Crippen molar-refractivity contribution >= 4 is 0 Å². The van der Waals surface area contributed by atoms with Crippen molar-refractivity contribution in [2.75, 3.05) is 13.2 Å². The number of rotatable bonds is 6. The Kier molecular flexibility index (Phi) is 6.06. The first-order valence-corrected chi connectivity index (χ1v) is 8.10. The van der Waals surface area contributed by atoms with Crippen molar-refractivity contribution in [1.82, 2.24) is 0 Å². The van der Waals surface area contributed by atoms with Crippen molar-refractivity contribution in [2.45, 2.75) is 51.5 Å². The number of hydrogen-bond donors (Lipinski definition) is 1. The number of ether oxygens (including phenoxy) is 1. The van der Waals surface area contributed by atoms with Crippen LogP contribution in [0.15, 0.2) is 30.3 Å². The second-order valence-electron chi connectivity index (χ2n) is 6.28. The van der Waals surface area contributed by atoms with E-state index < -0.39 is 0 Å². The van der Waals surface area contributed by atoms with Crippen LogP contribution in [0.2, 0.25) is 0 Å². The summed E-state index contributed by atoms with van der Waals surface area (Å²) in [5.41, 5.74) is 8.02. The van der Waals surface area contributed by atoms with E-state index in [4.69, 9.17) is 10.5 Å². The fourth-order valence-electron chi connectivity index (χ4n) is 3.44. The Bertz CT molecular complexity index is 372. The zero-order valence-electron chi connectivity index (χ0n) is 12.9. The Morgan fingerprint density at radius 1 is 1.20 bits per heavy atom. The first kappa shape index (κ1) is 15.5. The summed E-state index contributed by atoms with van der Waals surface area (Å²) in [7, 11) is 0. The lowest BCUT2D eigenvalue weighted by molar-refractivity contribution is 0.0602. The molecule has 0 spiro atoms. The molecule has 112 valence electrons. The van der Waals surface area contributed by atoms with Crippen LogP contribution in [0.1, 0.15) is 51.0 Å². The van der Waals surface area contributed by atoms with E-state index in [2.05, 4.69) is 44.2 Å². The highest BCUT2D eigenvalue weighted by Crippen LogP contribution is 2.33. The first-order valence-electron chi connectivity index (χ1n) is 8.10. The van der Waals surface area contributed by atoms with Crippen molar-refractivity contribution in [3.05, 3.63) is 35.9 Å². The van der Waals surface area contributed by atoms with E-state index in [-0.39, 0.29) is 6.04 Å². The fraction of sp³-hybridized carbons (Fsp3) is 0.667. The van der Waals surface area contributed by atoms with Crippen molar-refractivity contribution in [3.63, 3.8) is 0 Å². The predicted molar refractivity (Wildman–Crippen MR) is 84.8 cm³/mol. The summed E-state index contributed by atoms with van der Waals surface area (Å²) in [6, 6.07) is 11.1. The molecule has 0 radical (unpaired) electrons. The van der Waals surface area contributed by atoms with Gasteiger partial charge in [0.15, 0.2) is 0 Å². The number of nitrogens with two attached hydrogens (primary N) is 1. The maximum Gasteiger partial charge on any atom is 0.0468 e. The van der Waals surface area contributed by atoms with Gasteiger partial charge in [0, 0.05) is 25.2 Å². The maximum atomic E-state index is 6.62. The third-order valence-electron chi connectivity index (χ3n) is 4.85. The van der Waals surface area contributed by atoms with Gasteiger partial charge in [-0.25, -0.2) is 0 Å². The van der Waals surface area contributed by atoms with Crippen LogP contribution in [0.4, 0.5) is 0 Å². The third-order valence-corrected chi connectivity index (χ3v) is 4.85. The molecule has 2 rings (SSSR count). The first-order chi connectivity index (χ1) is 9.72. The summed E-state index contributed by atoms with van der Waals surface area (Å²) in [6.45, 7) is 6.43. The minimum absolute atomic E-state index is 0.260. The molecule has 1 aromatic rings. The Balaban J connectivity index is 2.05. The van der Waals surface area contributed by atoms with Gasteiger partial charge in [0.25, 0.3) is 0 Å². The molecule has 2 N–H and O–H groups in total. The van der Waals surface area contributed by atoms with Gasteiger partial charge in [-0.1, -0.05) is 50.6 Å². The van der Waals surface area contributed by atoms with Gasteiger partial charge in [-0.05, 0) is 36.7 Å². The second-order valence-corrected chi connectivity index (χ2v) is 6.28. The van der Waals surface area contributed by atoms with E-state index in [0.717, 1.165) is 25.6 Å². The van der Waals surface area contributed by atoms with Gasteiger partial charge in [-0.2, -0.15) is 0 Å². The second kappa shape index (κ2) is 7.80. The van der Waals surface area contributed by atoms with Crippen molar-refractivity contribution in [2.24, 2.45) is 17.6 Å². The summed E-state index contributed by atoms with van der Waals surface area (Å²) in [5, 5.41) is 0. The third kappa shape index (κ3) is 4.07. The molecule has 2 heteroatoms. The molecule has 0 amide bonds. The van der Waals surface area contributed by atoms with Crippen LogP contribution in [0, 0.1) is 11.8 Å². The lowest BCUT2D eigenvalue weighted by atomic mass is 9.76. The Labute approximate surface area is 123 Å². The number of benzene rings is 1. The Morgan fingerprint density at radius 3 is 2.45 bits per heavy atom. The van der Waals surface area contributed by atoms with Crippen molar-refractivity contribution in [1.29, 1.82) is 0 Å². The normalized spacial score (nSPS) is 21.4. The smallest absolute Gasteiger partial charge is 0.0468 e. The summed E-state index contributed by atoms with van der Waals surface area (Å²) in [6.07, 6.45) is 4.67. The zero-order valence-corrected chi connectivity index (χ0v) is 12.9. The van der Waals surface area contributed by atoms with Gasteiger partial charge < -0.3 is 10.5 Å². The van der Waals surface area contributed by atoms with Crippen LogP contribution >= 0.6 is 0 Å². The van der Waals surface area contributed by atoms with Gasteiger partial charge in [-0.15, -0.1) is 0 Å². The molecule has 0 aliphatic carbocycles. The Hall–Kier alpha value is -0.860. The van der Waals surface area contributed by atoms with Gasteiger partial charge in [0.1, 0.15) is 0 Å². The average molecular weight is 275 g/mol. The summed E-state index contributed by atoms with van der Waals surface area (Å²) in [5.74, 6) is 1.85. The summed E-state index contributed by atoms with van der Waals surface area (Å²) < 4.78 is 5.45. The van der Waals surface area contributed by atoms with Crippen LogP contribution in [0.25, 0.3) is 0 Å². The van der Waals surface area contributed by atoms with Crippen LogP contribution in [0.5, 0.6) is 0 Å². The molecule has 3 atom stereocenters. The molecule has 0 bridgehead atoms. The molecule has 20 heavy (non-hydrogen) atoms. The van der Waals surface area contributed by atoms with E-state index >= 15 is 0 Å². The standard InChI is InChI=1S/C18H29NO/c1-3-14(2)18(16-7-5-4-6-8-16)17(19)13-15-9-11-20-12-10-15/h4-8,14-15,17-18H,3,9-13,19H2,1-2H3. The molecule has 0 aromatic heterocycles. The molecular formula is C18H29NO. The van der Waals surface area contributed by atoms with Crippen molar-refractivity contribution in [3.8, 4) is 0 Å². The highest BCUT2D eigenvalue weighted by atomic mass is 16.5. The molecule has 1 heterocycles. The molecule has 1 fully saturated rings. The molecule has 3 unspecified atom stereocenters. The average Bonchev–Trinajstić information content (AvgIpc) is 2.49. The van der Waals surface area contributed by atoms with Crippen molar-refractivity contribution < 1.29 is 4.74 Å². The molecular weight excluding hydrogens is 246 g/mol. The van der Waals surface area contributed by atoms with E-state index in [1.807, 2.05) is 0 Å². The molecule has 2 nitrogen and oxygen atoms in total. The van der Waals surface area contributed by atoms with Crippen LogP contribution < -0.4 is 5.73 Å². The lowest BCUT2D eigenvalue weighted by Gasteiger charge is -2.33. The quantitative estimate of drug-likeness (QED) is 0.853. The molecule has 1 aromatic carbocycles. The minimum atomic E-state index is 0.260. The zero-order chi connectivity index (χ0) is 14.4. The monoisotopic (exact) mass is 275 g/mol. The van der Waals surface area contributed by atoms with E-state index in [0.29, 0.717) is 11.8 Å². The largest absolute Gasteiger partial charge is 0.381 e. The summed E-state index contributed by atoms with van der Waals surface area (Å²) >= 11 is 0. The van der Waals surface area contributed by atoms with Crippen LogP contribution in [0.3, 0.4) is 0 Å².